The van der Waals surface area contributed by atoms with Crippen LogP contribution in [0.5, 0.6) is 5.75 Å². The zero-order valence-corrected chi connectivity index (χ0v) is 9.95. The summed E-state index contributed by atoms with van der Waals surface area (Å²) in [7, 11) is 1.67. The molecule has 1 aliphatic carbocycles. The molecular formula is C14H18O2. The van der Waals surface area contributed by atoms with Crippen LogP contribution < -0.4 is 4.74 Å². The summed E-state index contributed by atoms with van der Waals surface area (Å²) < 4.78 is 5.35. The molecule has 0 spiro atoms. The van der Waals surface area contributed by atoms with E-state index in [4.69, 9.17) is 4.74 Å². The molecule has 1 aromatic carbocycles. The van der Waals surface area contributed by atoms with Crippen LogP contribution in [0.3, 0.4) is 0 Å². The fourth-order valence-corrected chi connectivity index (χ4v) is 2.17. The molecule has 0 aliphatic heterocycles. The summed E-state index contributed by atoms with van der Waals surface area (Å²) in [5, 5.41) is 0. The lowest BCUT2D eigenvalue weighted by Crippen LogP contribution is -2.10. The Hall–Kier alpha value is -1.31. The van der Waals surface area contributed by atoms with Crippen LogP contribution in [0.15, 0.2) is 18.2 Å². The fourth-order valence-electron chi connectivity index (χ4n) is 2.17. The van der Waals surface area contributed by atoms with Crippen LogP contribution in [0, 0.1) is 0 Å². The van der Waals surface area contributed by atoms with E-state index in [1.165, 1.54) is 5.56 Å². The van der Waals surface area contributed by atoms with Gasteiger partial charge >= 0.3 is 0 Å². The smallest absolute Gasteiger partial charge is 0.130 e. The second-order valence-corrected chi connectivity index (χ2v) is 4.56. The molecule has 0 unspecified atom stereocenters. The van der Waals surface area contributed by atoms with Crippen molar-refractivity contribution in [1.29, 1.82) is 0 Å². The zero-order valence-electron chi connectivity index (χ0n) is 9.95. The first-order valence-corrected chi connectivity index (χ1v) is 5.89. The number of carbonyl (C=O) groups is 1. The van der Waals surface area contributed by atoms with Crippen LogP contribution in [0.1, 0.15) is 37.3 Å². The van der Waals surface area contributed by atoms with E-state index in [-0.39, 0.29) is 5.41 Å². The third-order valence-corrected chi connectivity index (χ3v) is 3.35. The molecule has 0 heterocycles. The predicted molar refractivity (Wildman–Crippen MR) is 64.0 cm³/mol. The van der Waals surface area contributed by atoms with Gasteiger partial charge in [-0.1, -0.05) is 25.5 Å². The van der Waals surface area contributed by atoms with Gasteiger partial charge in [0.2, 0.25) is 0 Å². The third kappa shape index (κ3) is 1.84. The van der Waals surface area contributed by atoms with E-state index >= 15 is 0 Å². The Balaban J connectivity index is 2.39. The average Bonchev–Trinajstić information content (AvgIpc) is 3.10. The van der Waals surface area contributed by atoms with Gasteiger partial charge in [-0.2, -0.15) is 0 Å². The minimum Gasteiger partial charge on any atom is -0.496 e. The molecular weight excluding hydrogens is 200 g/mol. The van der Waals surface area contributed by atoms with Crippen LogP contribution >= 0.6 is 0 Å². The van der Waals surface area contributed by atoms with Crippen molar-refractivity contribution in [2.24, 2.45) is 0 Å². The third-order valence-electron chi connectivity index (χ3n) is 3.35. The molecule has 1 fully saturated rings. The van der Waals surface area contributed by atoms with Crippen LogP contribution in [-0.2, 0) is 16.6 Å². The number of rotatable bonds is 5. The van der Waals surface area contributed by atoms with Crippen molar-refractivity contribution >= 4 is 6.29 Å². The highest BCUT2D eigenvalue weighted by Gasteiger charge is 2.46. The van der Waals surface area contributed by atoms with E-state index in [2.05, 4.69) is 19.1 Å². The Morgan fingerprint density at radius 2 is 2.19 bits per heavy atom. The Kier molecular flexibility index (Phi) is 2.99. The molecule has 1 saturated carbocycles. The molecule has 2 nitrogen and oxygen atoms in total. The highest BCUT2D eigenvalue weighted by atomic mass is 16.5. The fraction of sp³-hybridized carbons (Fsp3) is 0.500. The van der Waals surface area contributed by atoms with Crippen molar-refractivity contribution in [3.8, 4) is 5.75 Å². The van der Waals surface area contributed by atoms with E-state index in [1.54, 1.807) is 7.11 Å². The molecule has 2 heteroatoms. The lowest BCUT2D eigenvalue weighted by atomic mass is 9.93. The molecule has 0 radical (unpaired) electrons. The largest absolute Gasteiger partial charge is 0.496 e. The van der Waals surface area contributed by atoms with Crippen LogP contribution in [0.25, 0.3) is 0 Å². The van der Waals surface area contributed by atoms with Gasteiger partial charge in [0.1, 0.15) is 12.0 Å². The predicted octanol–water partition coefficient (Wildman–Crippen LogP) is 2.88. The minimum atomic E-state index is -0.241. The Morgan fingerprint density at radius 3 is 2.69 bits per heavy atom. The van der Waals surface area contributed by atoms with E-state index in [0.717, 1.165) is 43.3 Å². The summed E-state index contributed by atoms with van der Waals surface area (Å²) >= 11 is 0. The zero-order chi connectivity index (χ0) is 11.6. The van der Waals surface area contributed by atoms with Crippen LogP contribution in [0.2, 0.25) is 0 Å². The lowest BCUT2D eigenvalue weighted by Gasteiger charge is -2.14. The molecule has 2 rings (SSSR count). The van der Waals surface area contributed by atoms with Crippen molar-refractivity contribution < 1.29 is 9.53 Å². The van der Waals surface area contributed by atoms with Crippen molar-refractivity contribution in [2.45, 2.75) is 38.0 Å². The number of hydrogen-bond donors (Lipinski definition) is 0. The van der Waals surface area contributed by atoms with Crippen LogP contribution in [0.4, 0.5) is 0 Å². The number of aryl methyl sites for hydroxylation is 1. The van der Waals surface area contributed by atoms with E-state index in [9.17, 15) is 4.79 Å². The molecule has 0 saturated heterocycles. The normalized spacial score (nSPS) is 16.9. The van der Waals surface area contributed by atoms with E-state index < -0.39 is 0 Å². The number of aldehydes is 1. The first-order valence-electron chi connectivity index (χ1n) is 5.89. The second kappa shape index (κ2) is 4.28. The summed E-state index contributed by atoms with van der Waals surface area (Å²) in [5.74, 6) is 0.851. The number of benzene rings is 1. The molecule has 0 bridgehead atoms. The molecule has 0 amide bonds. The maximum atomic E-state index is 11.2. The van der Waals surface area contributed by atoms with Crippen molar-refractivity contribution in [2.75, 3.05) is 7.11 Å². The molecule has 16 heavy (non-hydrogen) atoms. The van der Waals surface area contributed by atoms with Crippen molar-refractivity contribution in [1.82, 2.24) is 0 Å². The molecule has 0 aromatic heterocycles. The second-order valence-electron chi connectivity index (χ2n) is 4.56. The number of hydrogen-bond acceptors (Lipinski definition) is 2. The standard InChI is InChI=1S/C14H18O2/c1-3-4-11-5-6-13(16-2)12(9-11)14(10-15)7-8-14/h5-6,9-10H,3-4,7-8H2,1-2H3. The Bertz CT molecular complexity index is 392. The van der Waals surface area contributed by atoms with E-state index in [1.807, 2.05) is 6.07 Å². The Labute approximate surface area is 96.6 Å². The highest BCUT2D eigenvalue weighted by molar-refractivity contribution is 5.75. The van der Waals surface area contributed by atoms with E-state index in [0.29, 0.717) is 0 Å². The molecule has 1 aliphatic rings. The number of carbonyl (C=O) groups excluding carboxylic acids is 1. The van der Waals surface area contributed by atoms with Crippen LogP contribution in [-0.4, -0.2) is 13.4 Å². The first kappa shape index (κ1) is 11.2. The number of methoxy groups -OCH3 is 1. The van der Waals surface area contributed by atoms with Gasteiger partial charge in [0.05, 0.1) is 12.5 Å². The van der Waals surface area contributed by atoms with Crippen molar-refractivity contribution in [3.63, 3.8) is 0 Å². The van der Waals surface area contributed by atoms with Crippen molar-refractivity contribution in [3.05, 3.63) is 29.3 Å². The molecule has 0 N–H and O–H groups in total. The maximum Gasteiger partial charge on any atom is 0.130 e. The molecule has 86 valence electrons. The maximum absolute atomic E-state index is 11.2. The highest BCUT2D eigenvalue weighted by Crippen LogP contribution is 2.49. The summed E-state index contributed by atoms with van der Waals surface area (Å²) in [6, 6.07) is 6.22. The quantitative estimate of drug-likeness (QED) is 0.710. The van der Waals surface area contributed by atoms with Gasteiger partial charge < -0.3 is 9.53 Å². The Morgan fingerprint density at radius 1 is 1.44 bits per heavy atom. The molecule has 1 aromatic rings. The van der Waals surface area contributed by atoms with Gasteiger partial charge in [0, 0.05) is 5.56 Å². The first-order chi connectivity index (χ1) is 7.75. The minimum absolute atomic E-state index is 0.241. The summed E-state index contributed by atoms with van der Waals surface area (Å²) in [5.41, 5.74) is 2.14. The van der Waals surface area contributed by atoms with Gasteiger partial charge in [-0.3, -0.25) is 0 Å². The monoisotopic (exact) mass is 218 g/mol. The lowest BCUT2D eigenvalue weighted by molar-refractivity contribution is -0.109. The van der Waals surface area contributed by atoms with Gasteiger partial charge in [-0.15, -0.1) is 0 Å². The van der Waals surface area contributed by atoms with Gasteiger partial charge in [0.15, 0.2) is 0 Å². The average molecular weight is 218 g/mol. The van der Waals surface area contributed by atoms with Gasteiger partial charge in [0.25, 0.3) is 0 Å². The number of ether oxygens (including phenoxy) is 1. The topological polar surface area (TPSA) is 26.3 Å². The SMILES string of the molecule is CCCc1ccc(OC)c(C2(C=O)CC2)c1. The van der Waals surface area contributed by atoms with Gasteiger partial charge in [-0.25, -0.2) is 0 Å². The summed E-state index contributed by atoms with van der Waals surface area (Å²) in [6.45, 7) is 2.16. The molecule has 0 atom stereocenters. The summed E-state index contributed by atoms with van der Waals surface area (Å²) in [6.07, 6.45) is 5.19. The van der Waals surface area contributed by atoms with Gasteiger partial charge in [-0.05, 0) is 30.9 Å². The summed E-state index contributed by atoms with van der Waals surface area (Å²) in [4.78, 5) is 11.2.